The highest BCUT2D eigenvalue weighted by Gasteiger charge is 2.14. The minimum Gasteiger partial charge on any atom is -0.309 e. The van der Waals surface area contributed by atoms with Crippen LogP contribution in [0.4, 0.5) is 0 Å². The molecular formula is C25H17NO. The van der Waals surface area contributed by atoms with Crippen LogP contribution in [0.3, 0.4) is 0 Å². The largest absolute Gasteiger partial charge is 0.309 e. The van der Waals surface area contributed by atoms with Crippen LogP contribution in [0.1, 0.15) is 0 Å². The molecule has 3 aromatic rings. The third-order valence-corrected chi connectivity index (χ3v) is 4.99. The van der Waals surface area contributed by atoms with Gasteiger partial charge < -0.3 is 4.57 Å². The predicted octanol–water partition coefficient (Wildman–Crippen LogP) is 5.76. The molecular weight excluding hydrogens is 330 g/mol. The normalized spacial score (nSPS) is 11.1. The van der Waals surface area contributed by atoms with Crippen molar-refractivity contribution in [3.8, 4) is 28.1 Å². The van der Waals surface area contributed by atoms with E-state index in [1.54, 1.807) is 6.07 Å². The zero-order valence-corrected chi connectivity index (χ0v) is 14.7. The van der Waals surface area contributed by atoms with Crippen molar-refractivity contribution in [2.45, 2.75) is 0 Å². The number of hydrogen-bond acceptors (Lipinski definition) is 1. The summed E-state index contributed by atoms with van der Waals surface area (Å²) < 4.78 is 2.17. The summed E-state index contributed by atoms with van der Waals surface area (Å²) in [5.74, 6) is 0. The number of aromatic nitrogens is 1. The Balaban J connectivity index is 1.76. The van der Waals surface area contributed by atoms with E-state index in [4.69, 9.17) is 0 Å². The molecule has 0 fully saturated rings. The smallest absolute Gasteiger partial charge is 0.187 e. The Kier molecular flexibility index (Phi) is 3.61. The van der Waals surface area contributed by atoms with Crippen molar-refractivity contribution in [2.24, 2.45) is 0 Å². The van der Waals surface area contributed by atoms with E-state index < -0.39 is 0 Å². The third kappa shape index (κ3) is 2.63. The molecule has 27 heavy (non-hydrogen) atoms. The lowest BCUT2D eigenvalue weighted by Crippen LogP contribution is -2.11. The number of para-hydroxylation sites is 1. The Morgan fingerprint density at radius 3 is 2.11 bits per heavy atom. The lowest BCUT2D eigenvalue weighted by Gasteiger charge is -2.19. The highest BCUT2D eigenvalue weighted by molar-refractivity contribution is 5.88. The van der Waals surface area contributed by atoms with Crippen molar-refractivity contribution >= 4 is 10.9 Å². The Morgan fingerprint density at radius 2 is 1.30 bits per heavy atom. The van der Waals surface area contributed by atoms with Gasteiger partial charge in [-0.3, -0.25) is 4.79 Å². The Morgan fingerprint density at radius 1 is 0.593 bits per heavy atom. The van der Waals surface area contributed by atoms with Crippen LogP contribution in [0, 0.1) is 0 Å². The number of rotatable bonds is 2. The van der Waals surface area contributed by atoms with Crippen molar-refractivity contribution in [3.63, 3.8) is 0 Å². The number of pyridine rings is 1. The van der Waals surface area contributed by atoms with Crippen LogP contribution in [-0.2, 0) is 0 Å². The molecule has 2 heteroatoms. The molecule has 1 heterocycles. The average molecular weight is 347 g/mol. The first-order valence-corrected chi connectivity index (χ1v) is 9.01. The van der Waals surface area contributed by atoms with Crippen molar-refractivity contribution in [2.75, 3.05) is 0 Å². The van der Waals surface area contributed by atoms with Gasteiger partial charge in [-0.15, -0.1) is 0 Å². The van der Waals surface area contributed by atoms with Gasteiger partial charge in [0.1, 0.15) is 0 Å². The van der Waals surface area contributed by atoms with Crippen LogP contribution < -0.4 is 5.43 Å². The van der Waals surface area contributed by atoms with E-state index in [0.717, 1.165) is 27.8 Å². The number of hydrogen-bond donors (Lipinski definition) is 0. The third-order valence-electron chi connectivity index (χ3n) is 4.99. The molecule has 0 bridgehead atoms. The second-order valence-electron chi connectivity index (χ2n) is 6.64. The van der Waals surface area contributed by atoms with Crippen LogP contribution in [0.2, 0.25) is 0 Å². The fourth-order valence-electron chi connectivity index (χ4n) is 3.68. The summed E-state index contributed by atoms with van der Waals surface area (Å²) >= 11 is 0. The van der Waals surface area contributed by atoms with Gasteiger partial charge in [-0.2, -0.15) is 0 Å². The molecule has 0 spiro atoms. The molecule has 1 aliphatic carbocycles. The SMILES string of the molecule is O=c1cccc2n(-c3ccc(-c4ccccc4)cc3)c3ccccc3cc1-2. The molecule has 0 saturated carbocycles. The average Bonchev–Trinajstić information content (AvgIpc) is 2.73. The van der Waals surface area contributed by atoms with Gasteiger partial charge in [-0.25, -0.2) is 0 Å². The molecule has 0 saturated heterocycles. The van der Waals surface area contributed by atoms with Gasteiger partial charge in [-0.05, 0) is 52.9 Å². The first kappa shape index (κ1) is 15.6. The Labute approximate surface area is 157 Å². The van der Waals surface area contributed by atoms with E-state index in [1.807, 2.05) is 48.5 Å². The fourth-order valence-corrected chi connectivity index (χ4v) is 3.68. The molecule has 2 aliphatic rings. The predicted molar refractivity (Wildman–Crippen MR) is 112 cm³/mol. The number of benzene rings is 4. The van der Waals surface area contributed by atoms with Crippen LogP contribution in [-0.4, -0.2) is 4.57 Å². The van der Waals surface area contributed by atoms with E-state index in [9.17, 15) is 4.79 Å². The molecule has 0 radical (unpaired) electrons. The van der Waals surface area contributed by atoms with E-state index in [-0.39, 0.29) is 5.43 Å². The Hall–Kier alpha value is -3.65. The van der Waals surface area contributed by atoms with Crippen LogP contribution >= 0.6 is 0 Å². The van der Waals surface area contributed by atoms with E-state index in [2.05, 4.69) is 53.1 Å². The van der Waals surface area contributed by atoms with Gasteiger partial charge in [0, 0.05) is 11.3 Å². The molecule has 0 atom stereocenters. The second kappa shape index (κ2) is 6.26. The maximum atomic E-state index is 12.4. The van der Waals surface area contributed by atoms with Gasteiger partial charge in [0.15, 0.2) is 5.43 Å². The van der Waals surface area contributed by atoms with Gasteiger partial charge in [-0.1, -0.05) is 66.7 Å². The summed E-state index contributed by atoms with van der Waals surface area (Å²) in [5.41, 5.74) is 6.21. The second-order valence-corrected chi connectivity index (χ2v) is 6.64. The highest BCUT2D eigenvalue weighted by atomic mass is 16.1. The van der Waals surface area contributed by atoms with Gasteiger partial charge in [0.25, 0.3) is 0 Å². The first-order valence-electron chi connectivity index (χ1n) is 9.01. The molecule has 0 aromatic heterocycles. The first-order chi connectivity index (χ1) is 13.3. The molecule has 0 N–H and O–H groups in total. The van der Waals surface area contributed by atoms with Crippen LogP contribution in [0.25, 0.3) is 39.0 Å². The molecule has 5 rings (SSSR count). The van der Waals surface area contributed by atoms with Gasteiger partial charge in [0.05, 0.1) is 11.2 Å². The molecule has 0 unspecified atom stereocenters. The minimum absolute atomic E-state index is 0.0490. The zero-order chi connectivity index (χ0) is 18.2. The monoisotopic (exact) mass is 347 g/mol. The summed E-state index contributed by atoms with van der Waals surface area (Å²) in [6.07, 6.45) is 0. The molecule has 128 valence electrons. The van der Waals surface area contributed by atoms with Crippen molar-refractivity contribution in [3.05, 3.63) is 113 Å². The molecule has 0 amide bonds. The van der Waals surface area contributed by atoms with E-state index in [0.29, 0.717) is 0 Å². The summed E-state index contributed by atoms with van der Waals surface area (Å²) in [6, 6.07) is 34.5. The lowest BCUT2D eigenvalue weighted by molar-refractivity contribution is 1.11. The lowest BCUT2D eigenvalue weighted by atomic mass is 10.0. The fraction of sp³-hybridized carbons (Fsp3) is 0. The quantitative estimate of drug-likeness (QED) is 0.372. The van der Waals surface area contributed by atoms with Gasteiger partial charge in [0.2, 0.25) is 0 Å². The van der Waals surface area contributed by atoms with Crippen molar-refractivity contribution in [1.29, 1.82) is 0 Å². The highest BCUT2D eigenvalue weighted by Crippen LogP contribution is 2.30. The Bertz CT molecular complexity index is 1270. The topological polar surface area (TPSA) is 22.0 Å². The van der Waals surface area contributed by atoms with Crippen molar-refractivity contribution in [1.82, 2.24) is 4.57 Å². The van der Waals surface area contributed by atoms with E-state index in [1.165, 1.54) is 11.1 Å². The van der Waals surface area contributed by atoms with Crippen LogP contribution in [0.15, 0.2) is 108 Å². The summed E-state index contributed by atoms with van der Waals surface area (Å²) in [5, 5.41) is 1.06. The molecule has 3 aromatic carbocycles. The van der Waals surface area contributed by atoms with Crippen molar-refractivity contribution < 1.29 is 0 Å². The molecule has 1 aliphatic heterocycles. The zero-order valence-electron chi connectivity index (χ0n) is 14.7. The summed E-state index contributed by atoms with van der Waals surface area (Å²) in [7, 11) is 0. The maximum Gasteiger partial charge on any atom is 0.187 e. The van der Waals surface area contributed by atoms with E-state index >= 15 is 0 Å². The summed E-state index contributed by atoms with van der Waals surface area (Å²) in [4.78, 5) is 12.4. The van der Waals surface area contributed by atoms with Gasteiger partial charge >= 0.3 is 0 Å². The summed E-state index contributed by atoms with van der Waals surface area (Å²) in [6.45, 7) is 0. The number of fused-ring (bicyclic) bond motifs is 2. The van der Waals surface area contributed by atoms with Crippen LogP contribution in [0.5, 0.6) is 0 Å². The molecule has 2 nitrogen and oxygen atoms in total. The standard InChI is InChI=1S/C25H17NO/c27-25-12-6-11-24-22(25)17-20-9-4-5-10-23(20)26(24)21-15-13-19(14-16-21)18-7-2-1-3-8-18/h1-17H. The minimum atomic E-state index is 0.0490. The maximum absolute atomic E-state index is 12.4. The number of nitrogens with zero attached hydrogens (tertiary/aromatic N) is 1.